The second-order valence-electron chi connectivity index (χ2n) is 6.57. The van der Waals surface area contributed by atoms with Gasteiger partial charge in [-0.25, -0.2) is 4.79 Å². The van der Waals surface area contributed by atoms with Crippen LogP contribution in [0.15, 0.2) is 24.3 Å². The minimum atomic E-state index is -0.880. The van der Waals surface area contributed by atoms with Crippen molar-refractivity contribution < 1.29 is 24.2 Å². The number of aliphatic carboxylic acids is 1. The molecule has 1 aromatic carbocycles. The van der Waals surface area contributed by atoms with Crippen LogP contribution in [0.2, 0.25) is 0 Å². The largest absolute Gasteiger partial charge is 0.486 e. The Morgan fingerprint density at radius 3 is 2.88 bits per heavy atom. The fraction of sp³-hybridized carbons (Fsp3) is 0.529. The Labute approximate surface area is 140 Å². The van der Waals surface area contributed by atoms with Gasteiger partial charge in [0, 0.05) is 19.5 Å². The number of carbonyl (C=O) groups is 2. The lowest BCUT2D eigenvalue weighted by molar-refractivity contribution is -0.146. The van der Waals surface area contributed by atoms with E-state index in [-0.39, 0.29) is 18.7 Å². The Morgan fingerprint density at radius 2 is 2.21 bits per heavy atom. The number of hydrogen-bond acceptors (Lipinski definition) is 4. The molecule has 2 N–H and O–H groups in total. The van der Waals surface area contributed by atoms with E-state index in [1.165, 1.54) is 4.90 Å². The average Bonchev–Trinajstić information content (AvgIpc) is 3.20. The molecule has 2 aliphatic rings. The van der Waals surface area contributed by atoms with Crippen molar-refractivity contribution in [3.05, 3.63) is 24.3 Å². The summed E-state index contributed by atoms with van der Waals surface area (Å²) in [5, 5.41) is 12.1. The van der Waals surface area contributed by atoms with Crippen molar-refractivity contribution in [3.8, 4) is 5.75 Å². The van der Waals surface area contributed by atoms with Gasteiger partial charge in [0.2, 0.25) is 0 Å². The standard InChI is InChI=1S/C17H22N2O5/c1-17(15(20)21)7-8-19(11-17)16(22)18-13-4-2-3-5-14(13)24-12-6-9-23-10-12/h2-5,12H,6-11H2,1H3,(H,18,22)(H,20,21). The molecule has 2 aliphatic heterocycles. The van der Waals surface area contributed by atoms with E-state index in [2.05, 4.69) is 5.32 Å². The molecule has 2 heterocycles. The Morgan fingerprint density at radius 1 is 1.42 bits per heavy atom. The van der Waals surface area contributed by atoms with Crippen LogP contribution in [-0.2, 0) is 9.53 Å². The van der Waals surface area contributed by atoms with Crippen LogP contribution in [0.3, 0.4) is 0 Å². The lowest BCUT2D eigenvalue weighted by Crippen LogP contribution is -2.37. The van der Waals surface area contributed by atoms with E-state index in [0.29, 0.717) is 37.6 Å². The SMILES string of the molecule is CC1(C(=O)O)CCN(C(=O)Nc2ccccc2OC2CCOC2)C1. The van der Waals surface area contributed by atoms with Crippen molar-refractivity contribution in [1.82, 2.24) is 4.90 Å². The highest BCUT2D eigenvalue weighted by atomic mass is 16.5. The number of anilines is 1. The van der Waals surface area contributed by atoms with Gasteiger partial charge in [0.15, 0.2) is 0 Å². The number of urea groups is 1. The quantitative estimate of drug-likeness (QED) is 0.881. The molecule has 0 radical (unpaired) electrons. The number of likely N-dealkylation sites (tertiary alicyclic amines) is 1. The molecule has 2 saturated heterocycles. The summed E-state index contributed by atoms with van der Waals surface area (Å²) < 4.78 is 11.2. The lowest BCUT2D eigenvalue weighted by atomic mass is 9.90. The lowest BCUT2D eigenvalue weighted by Gasteiger charge is -2.22. The van der Waals surface area contributed by atoms with Crippen molar-refractivity contribution in [2.24, 2.45) is 5.41 Å². The van der Waals surface area contributed by atoms with Gasteiger partial charge in [0.25, 0.3) is 0 Å². The molecule has 2 fully saturated rings. The summed E-state index contributed by atoms with van der Waals surface area (Å²) in [7, 11) is 0. The third-order valence-corrected chi connectivity index (χ3v) is 4.59. The summed E-state index contributed by atoms with van der Waals surface area (Å²) >= 11 is 0. The molecular formula is C17H22N2O5. The highest BCUT2D eigenvalue weighted by Gasteiger charge is 2.42. The first-order chi connectivity index (χ1) is 11.5. The average molecular weight is 334 g/mol. The molecule has 2 atom stereocenters. The van der Waals surface area contributed by atoms with E-state index < -0.39 is 11.4 Å². The Kier molecular flexibility index (Phi) is 4.62. The minimum absolute atomic E-state index is 0.00913. The molecule has 2 amide bonds. The molecule has 0 bridgehead atoms. The zero-order valence-electron chi connectivity index (χ0n) is 13.7. The summed E-state index contributed by atoms with van der Waals surface area (Å²) in [5.74, 6) is -0.274. The van der Waals surface area contributed by atoms with Crippen LogP contribution >= 0.6 is 0 Å². The van der Waals surface area contributed by atoms with Crippen LogP contribution < -0.4 is 10.1 Å². The summed E-state index contributed by atoms with van der Waals surface area (Å²) in [6, 6.07) is 6.94. The Hall–Kier alpha value is -2.28. The number of carboxylic acid groups (broad SMARTS) is 1. The third-order valence-electron chi connectivity index (χ3n) is 4.59. The predicted octanol–water partition coefficient (Wildman–Crippen LogP) is 2.18. The van der Waals surface area contributed by atoms with Gasteiger partial charge in [-0.3, -0.25) is 4.79 Å². The van der Waals surface area contributed by atoms with Gasteiger partial charge in [-0.2, -0.15) is 0 Å². The number of carbonyl (C=O) groups excluding carboxylic acids is 1. The molecule has 0 aromatic heterocycles. The molecule has 0 saturated carbocycles. The number of carboxylic acids is 1. The molecule has 24 heavy (non-hydrogen) atoms. The van der Waals surface area contributed by atoms with Crippen LogP contribution in [0.4, 0.5) is 10.5 Å². The normalized spacial score (nSPS) is 26.4. The first-order valence-corrected chi connectivity index (χ1v) is 8.11. The van der Waals surface area contributed by atoms with E-state index >= 15 is 0 Å². The fourth-order valence-electron chi connectivity index (χ4n) is 2.96. The molecule has 0 spiro atoms. The number of ether oxygens (including phenoxy) is 2. The molecule has 130 valence electrons. The van der Waals surface area contributed by atoms with Crippen molar-refractivity contribution in [2.75, 3.05) is 31.6 Å². The Balaban J connectivity index is 1.65. The highest BCUT2D eigenvalue weighted by molar-refractivity contribution is 5.91. The van der Waals surface area contributed by atoms with Gasteiger partial charge < -0.3 is 24.8 Å². The zero-order valence-corrected chi connectivity index (χ0v) is 13.7. The summed E-state index contributed by atoms with van der Waals surface area (Å²) in [6.45, 7) is 3.52. The molecule has 7 nitrogen and oxygen atoms in total. The third kappa shape index (κ3) is 3.46. The summed E-state index contributed by atoms with van der Waals surface area (Å²) in [5.41, 5.74) is -0.299. The van der Waals surface area contributed by atoms with Crippen LogP contribution in [0.25, 0.3) is 0 Å². The number of nitrogens with zero attached hydrogens (tertiary/aromatic N) is 1. The minimum Gasteiger partial charge on any atom is -0.486 e. The van der Waals surface area contributed by atoms with E-state index in [1.54, 1.807) is 19.1 Å². The van der Waals surface area contributed by atoms with Crippen LogP contribution in [0, 0.1) is 5.41 Å². The fourth-order valence-corrected chi connectivity index (χ4v) is 2.96. The first-order valence-electron chi connectivity index (χ1n) is 8.11. The monoisotopic (exact) mass is 334 g/mol. The summed E-state index contributed by atoms with van der Waals surface area (Å²) in [6.07, 6.45) is 1.27. The molecule has 1 aromatic rings. The van der Waals surface area contributed by atoms with Gasteiger partial charge >= 0.3 is 12.0 Å². The molecule has 7 heteroatoms. The number of nitrogens with one attached hydrogen (secondary N) is 1. The van der Waals surface area contributed by atoms with Crippen molar-refractivity contribution in [2.45, 2.75) is 25.9 Å². The van der Waals surface area contributed by atoms with Crippen LogP contribution in [-0.4, -0.2) is 54.4 Å². The smallest absolute Gasteiger partial charge is 0.321 e. The van der Waals surface area contributed by atoms with Gasteiger partial charge in [-0.05, 0) is 25.5 Å². The number of amides is 2. The van der Waals surface area contributed by atoms with Crippen LogP contribution in [0.1, 0.15) is 19.8 Å². The Bertz CT molecular complexity index is 629. The van der Waals surface area contributed by atoms with Crippen molar-refractivity contribution in [3.63, 3.8) is 0 Å². The number of para-hydroxylation sites is 2. The van der Waals surface area contributed by atoms with E-state index in [9.17, 15) is 14.7 Å². The van der Waals surface area contributed by atoms with E-state index in [4.69, 9.17) is 9.47 Å². The van der Waals surface area contributed by atoms with Crippen molar-refractivity contribution >= 4 is 17.7 Å². The second-order valence-corrected chi connectivity index (χ2v) is 6.57. The summed E-state index contributed by atoms with van der Waals surface area (Å²) in [4.78, 5) is 25.3. The van der Waals surface area contributed by atoms with Crippen molar-refractivity contribution in [1.29, 1.82) is 0 Å². The highest BCUT2D eigenvalue weighted by Crippen LogP contribution is 2.32. The maximum atomic E-state index is 12.5. The van der Waals surface area contributed by atoms with Gasteiger partial charge in [0.1, 0.15) is 11.9 Å². The molecule has 0 aliphatic carbocycles. The predicted molar refractivity (Wildman–Crippen MR) is 87.2 cm³/mol. The first kappa shape index (κ1) is 16.6. The van der Waals surface area contributed by atoms with E-state index in [0.717, 1.165) is 6.42 Å². The van der Waals surface area contributed by atoms with Gasteiger partial charge in [0.05, 0.1) is 24.3 Å². The molecular weight excluding hydrogens is 312 g/mol. The number of rotatable bonds is 4. The second kappa shape index (κ2) is 6.68. The topological polar surface area (TPSA) is 88.1 Å². The maximum Gasteiger partial charge on any atom is 0.321 e. The molecule has 2 unspecified atom stereocenters. The molecule has 3 rings (SSSR count). The zero-order chi connectivity index (χ0) is 17.2. The van der Waals surface area contributed by atoms with Gasteiger partial charge in [-0.15, -0.1) is 0 Å². The number of benzene rings is 1. The van der Waals surface area contributed by atoms with Gasteiger partial charge in [-0.1, -0.05) is 12.1 Å². The van der Waals surface area contributed by atoms with Crippen LogP contribution in [0.5, 0.6) is 5.75 Å². The van der Waals surface area contributed by atoms with E-state index in [1.807, 2.05) is 12.1 Å². The maximum absolute atomic E-state index is 12.5. The number of hydrogen-bond donors (Lipinski definition) is 2.